The molecule has 2 unspecified atom stereocenters. The Kier molecular flexibility index (Phi) is 5.47. The normalized spacial score (nSPS) is 23.5. The van der Waals surface area contributed by atoms with Crippen molar-refractivity contribution < 1.29 is 14.3 Å². The maximum absolute atomic E-state index is 13.0. The largest absolute Gasteiger partial charge is 0.445 e. The van der Waals surface area contributed by atoms with E-state index in [4.69, 9.17) is 4.74 Å². The fourth-order valence-corrected chi connectivity index (χ4v) is 4.62. The van der Waals surface area contributed by atoms with Gasteiger partial charge in [0.2, 0.25) is 0 Å². The molecule has 2 fully saturated rings. The molecule has 2 aromatic carbocycles. The highest BCUT2D eigenvalue weighted by molar-refractivity contribution is 5.98. The molecule has 2 bridgehead atoms. The molecule has 4 heteroatoms. The Bertz CT molecular complexity index is 817. The third kappa shape index (κ3) is 3.82. The average molecular weight is 377 g/mol. The Balaban J connectivity index is 1.38. The number of fused-ring (bicyclic) bond motifs is 2. The number of ether oxygens (including phenoxy) is 1. The second kappa shape index (κ2) is 8.17. The van der Waals surface area contributed by atoms with Crippen LogP contribution in [0, 0.1) is 5.92 Å². The van der Waals surface area contributed by atoms with Crippen LogP contribution in [0.3, 0.4) is 0 Å². The summed E-state index contributed by atoms with van der Waals surface area (Å²) in [5, 5.41) is 0. The molecule has 0 aliphatic carbocycles. The van der Waals surface area contributed by atoms with Crippen LogP contribution in [0.25, 0.3) is 0 Å². The smallest absolute Gasteiger partial charge is 0.410 e. The van der Waals surface area contributed by atoms with Crippen LogP contribution >= 0.6 is 0 Å². The number of carbonyl (C=O) groups excluding carboxylic acids is 2. The molecule has 0 radical (unpaired) electrons. The van der Waals surface area contributed by atoms with E-state index < -0.39 is 0 Å². The van der Waals surface area contributed by atoms with Crippen molar-refractivity contribution in [3.05, 3.63) is 71.3 Å². The van der Waals surface area contributed by atoms with Crippen molar-refractivity contribution in [3.8, 4) is 0 Å². The molecule has 28 heavy (non-hydrogen) atoms. The molecule has 0 aromatic heterocycles. The van der Waals surface area contributed by atoms with Gasteiger partial charge in [-0.2, -0.15) is 0 Å². The van der Waals surface area contributed by atoms with E-state index in [1.807, 2.05) is 59.5 Å². The molecule has 4 nitrogen and oxygen atoms in total. The third-order valence-corrected chi connectivity index (χ3v) is 6.17. The van der Waals surface area contributed by atoms with E-state index in [-0.39, 0.29) is 29.9 Å². The van der Waals surface area contributed by atoms with E-state index >= 15 is 0 Å². The lowest BCUT2D eigenvalue weighted by Gasteiger charge is -2.37. The predicted molar refractivity (Wildman–Crippen MR) is 108 cm³/mol. The molecule has 2 atom stereocenters. The van der Waals surface area contributed by atoms with Gasteiger partial charge in [0.15, 0.2) is 5.78 Å². The predicted octanol–water partition coefficient (Wildman–Crippen LogP) is 5.01. The first-order valence-corrected chi connectivity index (χ1v) is 10.3. The molecule has 2 aliphatic rings. The monoisotopic (exact) mass is 377 g/mol. The maximum atomic E-state index is 13.0. The number of carbonyl (C=O) groups is 2. The lowest BCUT2D eigenvalue weighted by atomic mass is 9.84. The number of nitrogens with zero attached hydrogens (tertiary/aromatic N) is 1. The molecule has 0 spiro atoms. The van der Waals surface area contributed by atoms with Gasteiger partial charge in [-0.05, 0) is 43.2 Å². The Morgan fingerprint density at radius 3 is 2.18 bits per heavy atom. The molecule has 1 amide bonds. The van der Waals surface area contributed by atoms with Crippen molar-refractivity contribution >= 4 is 11.9 Å². The lowest BCUT2D eigenvalue weighted by molar-refractivity contribution is 0.0485. The van der Waals surface area contributed by atoms with Crippen LogP contribution in [0.2, 0.25) is 0 Å². The number of aryl methyl sites for hydroxylation is 1. The zero-order valence-corrected chi connectivity index (χ0v) is 16.3. The molecule has 2 saturated heterocycles. The molecule has 146 valence electrons. The van der Waals surface area contributed by atoms with Gasteiger partial charge in [0.05, 0.1) is 0 Å². The summed E-state index contributed by atoms with van der Waals surface area (Å²) in [5.41, 5.74) is 3.03. The minimum absolute atomic E-state index is 0.00292. The van der Waals surface area contributed by atoms with Crippen molar-refractivity contribution in [3.63, 3.8) is 0 Å². The van der Waals surface area contributed by atoms with Gasteiger partial charge in [0.1, 0.15) is 6.61 Å². The van der Waals surface area contributed by atoms with Crippen LogP contribution in [0.4, 0.5) is 4.79 Å². The first-order chi connectivity index (χ1) is 13.7. The number of piperidine rings is 1. The SMILES string of the molecule is CCc1ccc(C(=O)C2CC3CCC(C2)N3C(=O)OCc2ccccc2)cc1. The summed E-state index contributed by atoms with van der Waals surface area (Å²) in [5.74, 6) is 0.222. The van der Waals surface area contributed by atoms with E-state index in [1.54, 1.807) is 0 Å². The summed E-state index contributed by atoms with van der Waals surface area (Å²) in [6, 6.07) is 17.9. The standard InChI is InChI=1S/C24H27NO3/c1-2-17-8-10-19(11-9-17)23(26)20-14-21-12-13-22(15-20)25(21)24(27)28-16-18-6-4-3-5-7-18/h3-11,20-22H,2,12-16H2,1H3. The molecule has 2 aromatic rings. The summed E-state index contributed by atoms with van der Waals surface area (Å²) in [6.07, 6.45) is 4.14. The zero-order chi connectivity index (χ0) is 19.5. The Morgan fingerprint density at radius 2 is 1.57 bits per heavy atom. The molecular formula is C24H27NO3. The Labute approximate surface area is 166 Å². The van der Waals surface area contributed by atoms with Crippen molar-refractivity contribution in [2.24, 2.45) is 5.92 Å². The highest BCUT2D eigenvalue weighted by atomic mass is 16.6. The van der Waals surface area contributed by atoms with Gasteiger partial charge in [-0.3, -0.25) is 4.79 Å². The van der Waals surface area contributed by atoms with E-state index in [0.29, 0.717) is 6.61 Å². The van der Waals surface area contributed by atoms with Crippen LogP contribution < -0.4 is 0 Å². The second-order valence-electron chi connectivity index (χ2n) is 7.92. The van der Waals surface area contributed by atoms with Crippen LogP contribution in [-0.4, -0.2) is 28.9 Å². The quantitative estimate of drug-likeness (QED) is 0.688. The van der Waals surface area contributed by atoms with Gasteiger partial charge in [-0.1, -0.05) is 61.5 Å². The Morgan fingerprint density at radius 1 is 0.929 bits per heavy atom. The average Bonchev–Trinajstić information content (AvgIpc) is 3.01. The van der Waals surface area contributed by atoms with Gasteiger partial charge in [-0.15, -0.1) is 0 Å². The number of amides is 1. The Hall–Kier alpha value is -2.62. The second-order valence-corrected chi connectivity index (χ2v) is 7.92. The summed E-state index contributed by atoms with van der Waals surface area (Å²) in [6.45, 7) is 2.41. The van der Waals surface area contributed by atoms with Gasteiger partial charge in [0.25, 0.3) is 0 Å². The van der Waals surface area contributed by atoms with Gasteiger partial charge in [0, 0.05) is 23.6 Å². The van der Waals surface area contributed by atoms with Crippen LogP contribution in [0.15, 0.2) is 54.6 Å². The molecule has 2 heterocycles. The van der Waals surface area contributed by atoms with E-state index in [1.165, 1.54) is 5.56 Å². The number of Topliss-reactive ketones (excluding diaryl/α,β-unsaturated/α-hetero) is 1. The minimum Gasteiger partial charge on any atom is -0.445 e. The zero-order valence-electron chi connectivity index (χ0n) is 16.3. The molecular weight excluding hydrogens is 350 g/mol. The van der Waals surface area contributed by atoms with E-state index in [0.717, 1.165) is 43.2 Å². The van der Waals surface area contributed by atoms with E-state index in [9.17, 15) is 9.59 Å². The first kappa shape index (κ1) is 18.7. The molecule has 2 aliphatic heterocycles. The van der Waals surface area contributed by atoms with Crippen molar-refractivity contribution in [2.45, 2.75) is 57.7 Å². The number of benzene rings is 2. The minimum atomic E-state index is -0.241. The van der Waals surface area contributed by atoms with Crippen LogP contribution in [0.1, 0.15) is 54.1 Å². The highest BCUT2D eigenvalue weighted by Crippen LogP contribution is 2.40. The fraction of sp³-hybridized carbons (Fsp3) is 0.417. The summed E-state index contributed by atoms with van der Waals surface area (Å²) < 4.78 is 5.56. The van der Waals surface area contributed by atoms with Crippen molar-refractivity contribution in [1.29, 1.82) is 0 Å². The van der Waals surface area contributed by atoms with E-state index in [2.05, 4.69) is 6.92 Å². The topological polar surface area (TPSA) is 46.6 Å². The first-order valence-electron chi connectivity index (χ1n) is 10.3. The van der Waals surface area contributed by atoms with Crippen LogP contribution in [0.5, 0.6) is 0 Å². The van der Waals surface area contributed by atoms with Crippen molar-refractivity contribution in [1.82, 2.24) is 4.90 Å². The summed E-state index contributed by atoms with van der Waals surface area (Å²) >= 11 is 0. The third-order valence-electron chi connectivity index (χ3n) is 6.17. The van der Waals surface area contributed by atoms with Gasteiger partial charge < -0.3 is 9.64 Å². The van der Waals surface area contributed by atoms with Gasteiger partial charge >= 0.3 is 6.09 Å². The maximum Gasteiger partial charge on any atom is 0.410 e. The van der Waals surface area contributed by atoms with Gasteiger partial charge in [-0.25, -0.2) is 4.79 Å². The summed E-state index contributed by atoms with van der Waals surface area (Å²) in [4.78, 5) is 27.5. The molecule has 4 rings (SSSR count). The molecule has 0 N–H and O–H groups in total. The number of hydrogen-bond acceptors (Lipinski definition) is 3. The summed E-state index contributed by atoms with van der Waals surface area (Å²) in [7, 11) is 0. The lowest BCUT2D eigenvalue weighted by Crippen LogP contribution is -2.48. The number of ketones is 1. The fourth-order valence-electron chi connectivity index (χ4n) is 4.62. The van der Waals surface area contributed by atoms with Crippen molar-refractivity contribution in [2.75, 3.05) is 0 Å². The highest BCUT2D eigenvalue weighted by Gasteiger charge is 2.45. The number of rotatable bonds is 5. The molecule has 0 saturated carbocycles. The van der Waals surface area contributed by atoms with Crippen LogP contribution in [-0.2, 0) is 17.8 Å². The number of hydrogen-bond donors (Lipinski definition) is 0.